The number of aryl methyl sites for hydroxylation is 3. The molecular weight excluding hydrogens is 428 g/mol. The number of carbonyl (C=O) groups excluding carboxylic acids is 1. The standard InChI is InChI=1S/C28H34N2O4/c1-18-11-14-25(31)30(17-18)24-13-12-22(15-20(24)3)26(32)23(29-27(33)34-28(4,5)6)16-21-10-8-7-9-19(21)2/h7-15,17,23,26,32H,16H2,1-6H3,(H,29,33). The van der Waals surface area contributed by atoms with Crippen LogP contribution in [-0.2, 0) is 11.2 Å². The van der Waals surface area contributed by atoms with Gasteiger partial charge in [-0.05, 0) is 81.8 Å². The van der Waals surface area contributed by atoms with Gasteiger partial charge in [0.1, 0.15) is 5.60 Å². The number of aliphatic hydroxyl groups excluding tert-OH is 1. The van der Waals surface area contributed by atoms with E-state index in [1.165, 1.54) is 0 Å². The lowest BCUT2D eigenvalue weighted by atomic mass is 9.93. The van der Waals surface area contributed by atoms with Crippen molar-refractivity contribution in [2.75, 3.05) is 0 Å². The van der Waals surface area contributed by atoms with Crippen LogP contribution in [0.15, 0.2) is 65.6 Å². The Kier molecular flexibility index (Phi) is 7.62. The van der Waals surface area contributed by atoms with Crippen molar-refractivity contribution in [3.05, 3.63) is 99.0 Å². The molecule has 2 atom stereocenters. The van der Waals surface area contributed by atoms with E-state index in [4.69, 9.17) is 4.74 Å². The Morgan fingerprint density at radius 2 is 1.74 bits per heavy atom. The molecule has 0 saturated carbocycles. The third-order valence-corrected chi connectivity index (χ3v) is 5.67. The third kappa shape index (κ3) is 6.35. The molecule has 6 heteroatoms. The van der Waals surface area contributed by atoms with Crippen LogP contribution < -0.4 is 10.9 Å². The normalized spacial score (nSPS) is 13.3. The number of hydrogen-bond acceptors (Lipinski definition) is 4. The van der Waals surface area contributed by atoms with Gasteiger partial charge >= 0.3 is 6.09 Å². The number of amides is 1. The molecule has 2 unspecified atom stereocenters. The second-order valence-electron chi connectivity index (χ2n) is 9.79. The summed E-state index contributed by atoms with van der Waals surface area (Å²) in [7, 11) is 0. The van der Waals surface area contributed by atoms with Gasteiger partial charge in [0.2, 0.25) is 0 Å². The molecule has 1 heterocycles. The van der Waals surface area contributed by atoms with Crippen molar-refractivity contribution >= 4 is 6.09 Å². The average Bonchev–Trinajstić information content (AvgIpc) is 2.75. The number of benzene rings is 2. The minimum absolute atomic E-state index is 0.119. The summed E-state index contributed by atoms with van der Waals surface area (Å²) in [6.45, 7) is 11.2. The van der Waals surface area contributed by atoms with Gasteiger partial charge in [0.05, 0.1) is 17.8 Å². The average molecular weight is 463 g/mol. The van der Waals surface area contributed by atoms with Crippen molar-refractivity contribution in [2.24, 2.45) is 0 Å². The monoisotopic (exact) mass is 462 g/mol. The topological polar surface area (TPSA) is 80.6 Å². The molecule has 1 amide bonds. The molecule has 0 aliphatic rings. The Bertz CT molecular complexity index is 1220. The van der Waals surface area contributed by atoms with Gasteiger partial charge in [-0.1, -0.05) is 42.5 Å². The highest BCUT2D eigenvalue weighted by Gasteiger charge is 2.27. The van der Waals surface area contributed by atoms with E-state index < -0.39 is 23.8 Å². The van der Waals surface area contributed by atoms with Crippen LogP contribution in [0.3, 0.4) is 0 Å². The molecule has 6 nitrogen and oxygen atoms in total. The summed E-state index contributed by atoms with van der Waals surface area (Å²) >= 11 is 0. The summed E-state index contributed by atoms with van der Waals surface area (Å²) in [5.74, 6) is 0. The lowest BCUT2D eigenvalue weighted by Crippen LogP contribution is -2.43. The van der Waals surface area contributed by atoms with E-state index in [1.807, 2.05) is 57.2 Å². The van der Waals surface area contributed by atoms with Crippen LogP contribution in [0.1, 0.15) is 54.7 Å². The molecule has 0 bridgehead atoms. The fourth-order valence-electron chi connectivity index (χ4n) is 3.92. The van der Waals surface area contributed by atoms with Gasteiger partial charge in [-0.3, -0.25) is 9.36 Å². The predicted octanol–water partition coefficient (Wildman–Crippen LogP) is 4.93. The number of carbonyl (C=O) groups is 1. The molecule has 0 aliphatic heterocycles. The number of hydrogen-bond donors (Lipinski definition) is 2. The summed E-state index contributed by atoms with van der Waals surface area (Å²) in [6, 6.07) is 16.1. The fourth-order valence-corrected chi connectivity index (χ4v) is 3.92. The summed E-state index contributed by atoms with van der Waals surface area (Å²) in [4.78, 5) is 24.9. The number of aromatic nitrogens is 1. The summed E-state index contributed by atoms with van der Waals surface area (Å²) in [5.41, 5.74) is 4.56. The molecule has 2 N–H and O–H groups in total. The number of nitrogens with one attached hydrogen (secondary N) is 1. The number of alkyl carbamates (subject to hydrolysis) is 1. The van der Waals surface area contributed by atoms with Gasteiger partial charge in [0, 0.05) is 12.3 Å². The minimum atomic E-state index is -0.978. The van der Waals surface area contributed by atoms with Crippen molar-refractivity contribution in [2.45, 2.75) is 65.7 Å². The summed E-state index contributed by atoms with van der Waals surface area (Å²) in [5, 5.41) is 14.2. The van der Waals surface area contributed by atoms with Gasteiger partial charge < -0.3 is 15.2 Å². The fraction of sp³-hybridized carbons (Fsp3) is 0.357. The van der Waals surface area contributed by atoms with Crippen LogP contribution in [-0.4, -0.2) is 27.4 Å². The van der Waals surface area contributed by atoms with Gasteiger partial charge in [0.25, 0.3) is 5.56 Å². The van der Waals surface area contributed by atoms with Crippen molar-refractivity contribution in [1.82, 2.24) is 9.88 Å². The Labute approximate surface area is 201 Å². The highest BCUT2D eigenvalue weighted by Crippen LogP contribution is 2.25. The van der Waals surface area contributed by atoms with E-state index >= 15 is 0 Å². The molecular formula is C28H34N2O4. The van der Waals surface area contributed by atoms with Crippen LogP contribution in [0.2, 0.25) is 0 Å². The van der Waals surface area contributed by atoms with E-state index in [-0.39, 0.29) is 5.56 Å². The van der Waals surface area contributed by atoms with Crippen LogP contribution >= 0.6 is 0 Å². The lowest BCUT2D eigenvalue weighted by molar-refractivity contribution is 0.0421. The van der Waals surface area contributed by atoms with Crippen LogP contribution in [0.4, 0.5) is 4.79 Å². The molecule has 180 valence electrons. The molecule has 34 heavy (non-hydrogen) atoms. The maximum atomic E-state index is 12.6. The molecule has 3 aromatic rings. The van der Waals surface area contributed by atoms with Gasteiger partial charge in [-0.15, -0.1) is 0 Å². The molecule has 0 spiro atoms. The predicted molar refractivity (Wildman–Crippen MR) is 135 cm³/mol. The third-order valence-electron chi connectivity index (χ3n) is 5.67. The Hall–Kier alpha value is -3.38. The first-order valence-electron chi connectivity index (χ1n) is 11.5. The first-order chi connectivity index (χ1) is 15.9. The largest absolute Gasteiger partial charge is 0.444 e. The number of rotatable bonds is 6. The van der Waals surface area contributed by atoms with E-state index in [1.54, 1.807) is 49.7 Å². The van der Waals surface area contributed by atoms with Crippen molar-refractivity contribution in [3.8, 4) is 5.69 Å². The second-order valence-corrected chi connectivity index (χ2v) is 9.79. The molecule has 2 aromatic carbocycles. The van der Waals surface area contributed by atoms with Crippen LogP contribution in [0, 0.1) is 20.8 Å². The number of pyridine rings is 1. The van der Waals surface area contributed by atoms with Crippen molar-refractivity contribution in [1.29, 1.82) is 0 Å². The minimum Gasteiger partial charge on any atom is -0.444 e. The number of ether oxygens (including phenoxy) is 1. The maximum absolute atomic E-state index is 12.6. The van der Waals surface area contributed by atoms with E-state index in [0.29, 0.717) is 12.0 Å². The molecule has 3 rings (SSSR count). The SMILES string of the molecule is Cc1ccc(=O)n(-c2ccc(C(O)C(Cc3ccccc3C)NC(=O)OC(C)(C)C)cc2C)c1. The van der Waals surface area contributed by atoms with Crippen molar-refractivity contribution < 1.29 is 14.6 Å². The molecule has 0 saturated heterocycles. The molecule has 1 aromatic heterocycles. The molecule has 0 aliphatic carbocycles. The zero-order valence-electron chi connectivity index (χ0n) is 20.8. The highest BCUT2D eigenvalue weighted by atomic mass is 16.6. The quantitative estimate of drug-likeness (QED) is 0.544. The first-order valence-corrected chi connectivity index (χ1v) is 11.5. The summed E-state index contributed by atoms with van der Waals surface area (Å²) < 4.78 is 7.05. The van der Waals surface area contributed by atoms with E-state index in [9.17, 15) is 14.7 Å². The Morgan fingerprint density at radius 1 is 1.03 bits per heavy atom. The number of nitrogens with zero attached hydrogens (tertiary/aromatic N) is 1. The second kappa shape index (κ2) is 10.3. The Balaban J connectivity index is 1.93. The lowest BCUT2D eigenvalue weighted by Gasteiger charge is -2.28. The van der Waals surface area contributed by atoms with Gasteiger partial charge in [0.15, 0.2) is 0 Å². The summed E-state index contributed by atoms with van der Waals surface area (Å²) in [6.07, 6.45) is 0.677. The molecule has 0 radical (unpaired) electrons. The zero-order valence-corrected chi connectivity index (χ0v) is 20.8. The number of aliphatic hydroxyl groups is 1. The highest BCUT2D eigenvalue weighted by molar-refractivity contribution is 5.68. The van der Waals surface area contributed by atoms with Gasteiger partial charge in [-0.25, -0.2) is 4.79 Å². The molecule has 0 fully saturated rings. The van der Waals surface area contributed by atoms with Crippen LogP contribution in [0.25, 0.3) is 5.69 Å². The van der Waals surface area contributed by atoms with Gasteiger partial charge in [-0.2, -0.15) is 0 Å². The Morgan fingerprint density at radius 3 is 2.38 bits per heavy atom. The maximum Gasteiger partial charge on any atom is 0.407 e. The van der Waals surface area contributed by atoms with Crippen molar-refractivity contribution in [3.63, 3.8) is 0 Å². The van der Waals surface area contributed by atoms with Crippen LogP contribution in [0.5, 0.6) is 0 Å². The smallest absolute Gasteiger partial charge is 0.407 e. The first kappa shape index (κ1) is 25.2. The van der Waals surface area contributed by atoms with E-state index in [0.717, 1.165) is 27.9 Å². The van der Waals surface area contributed by atoms with E-state index in [2.05, 4.69) is 5.32 Å². The zero-order chi connectivity index (χ0) is 25.0.